The Morgan fingerprint density at radius 2 is 1.69 bits per heavy atom. The highest BCUT2D eigenvalue weighted by atomic mass is 16.5. The van der Waals surface area contributed by atoms with Gasteiger partial charge in [0.2, 0.25) is 5.91 Å². The quantitative estimate of drug-likeness (QED) is 0.725. The number of imide groups is 1. The first-order valence-electron chi connectivity index (χ1n) is 9.02. The maximum atomic E-state index is 12.5. The summed E-state index contributed by atoms with van der Waals surface area (Å²) in [6.45, 7) is 1.24. The summed E-state index contributed by atoms with van der Waals surface area (Å²) in [6.07, 6.45) is 1.86. The largest absolute Gasteiger partial charge is 0.497 e. The summed E-state index contributed by atoms with van der Waals surface area (Å²) in [6, 6.07) is 17.6. The second kappa shape index (κ2) is 8.63. The van der Waals surface area contributed by atoms with Gasteiger partial charge in [-0.3, -0.25) is 14.5 Å². The van der Waals surface area contributed by atoms with Gasteiger partial charge in [0.15, 0.2) is 6.04 Å². The molecule has 2 amide bonds. The maximum absolute atomic E-state index is 12.5. The molecule has 1 atom stereocenters. The van der Waals surface area contributed by atoms with Crippen molar-refractivity contribution in [3.05, 3.63) is 65.7 Å². The van der Waals surface area contributed by atoms with Crippen LogP contribution in [0.4, 0.5) is 0 Å². The number of methoxy groups -OCH3 is 1. The number of nitrogens with zero attached hydrogens (tertiary/aromatic N) is 1. The van der Waals surface area contributed by atoms with Gasteiger partial charge in [-0.15, -0.1) is 0 Å². The van der Waals surface area contributed by atoms with E-state index in [1.807, 2.05) is 59.9 Å². The molecule has 0 unspecified atom stereocenters. The Labute approximate surface area is 154 Å². The molecule has 5 heteroatoms. The standard InChI is InChI=1S/C21H24N2O3/c1-26-18-9-7-17(8-10-18)11-13-22-19-15-20(24)23(21(19)25)14-12-16-5-3-2-4-6-16/h2-10,19,22H,11-15H2,1H3/p+1/t19-/m1/s1. The molecule has 2 aromatic carbocycles. The first-order chi connectivity index (χ1) is 12.7. The smallest absolute Gasteiger partial charge is 0.287 e. The van der Waals surface area contributed by atoms with Crippen molar-refractivity contribution in [2.45, 2.75) is 25.3 Å². The Morgan fingerprint density at radius 3 is 2.38 bits per heavy atom. The lowest BCUT2D eigenvalue weighted by Gasteiger charge is -2.14. The summed E-state index contributed by atoms with van der Waals surface area (Å²) in [5.41, 5.74) is 2.33. The van der Waals surface area contributed by atoms with E-state index in [0.29, 0.717) is 19.4 Å². The van der Waals surface area contributed by atoms with Crippen LogP contribution in [0.2, 0.25) is 0 Å². The SMILES string of the molecule is COc1ccc(CC[NH2+][C@@H]2CC(=O)N(CCc3ccccc3)C2=O)cc1. The molecule has 3 rings (SSSR count). The van der Waals surface area contributed by atoms with Gasteiger partial charge in [0.05, 0.1) is 20.1 Å². The van der Waals surface area contributed by atoms with E-state index in [9.17, 15) is 9.59 Å². The molecule has 26 heavy (non-hydrogen) atoms. The second-order valence-corrected chi connectivity index (χ2v) is 6.55. The lowest BCUT2D eigenvalue weighted by atomic mass is 10.1. The fourth-order valence-corrected chi connectivity index (χ4v) is 3.26. The van der Waals surface area contributed by atoms with Gasteiger partial charge in [0.1, 0.15) is 5.75 Å². The first kappa shape index (κ1) is 18.1. The molecule has 0 radical (unpaired) electrons. The molecule has 0 aliphatic carbocycles. The van der Waals surface area contributed by atoms with E-state index in [4.69, 9.17) is 4.74 Å². The Morgan fingerprint density at radius 1 is 1.00 bits per heavy atom. The van der Waals surface area contributed by atoms with E-state index in [1.54, 1.807) is 7.11 Å². The summed E-state index contributed by atoms with van der Waals surface area (Å²) in [5.74, 6) is 0.723. The molecule has 5 nitrogen and oxygen atoms in total. The third-order valence-electron chi connectivity index (χ3n) is 4.79. The average Bonchev–Trinajstić information content (AvgIpc) is 2.94. The Hall–Kier alpha value is -2.66. The van der Waals surface area contributed by atoms with Crippen LogP contribution in [-0.4, -0.2) is 43.0 Å². The van der Waals surface area contributed by atoms with E-state index < -0.39 is 0 Å². The Bertz CT molecular complexity index is 744. The van der Waals surface area contributed by atoms with Gasteiger partial charge in [-0.2, -0.15) is 0 Å². The predicted molar refractivity (Wildman–Crippen MR) is 98.8 cm³/mol. The number of carbonyl (C=O) groups excluding carboxylic acids is 2. The second-order valence-electron chi connectivity index (χ2n) is 6.55. The third kappa shape index (κ3) is 4.49. The van der Waals surface area contributed by atoms with Crippen LogP contribution >= 0.6 is 0 Å². The van der Waals surface area contributed by atoms with Gasteiger partial charge in [0, 0.05) is 13.0 Å². The summed E-state index contributed by atoms with van der Waals surface area (Å²) in [7, 11) is 1.65. The number of quaternary nitrogens is 1. The zero-order chi connectivity index (χ0) is 18.4. The Balaban J connectivity index is 1.47. The minimum Gasteiger partial charge on any atom is -0.497 e. The molecular weight excluding hydrogens is 328 g/mol. The van der Waals surface area contributed by atoms with E-state index >= 15 is 0 Å². The van der Waals surface area contributed by atoms with Crippen LogP contribution in [0.15, 0.2) is 54.6 Å². The van der Waals surface area contributed by atoms with Crippen LogP contribution in [-0.2, 0) is 22.4 Å². The van der Waals surface area contributed by atoms with Crippen molar-refractivity contribution < 1.29 is 19.6 Å². The van der Waals surface area contributed by atoms with E-state index in [-0.39, 0.29) is 17.9 Å². The zero-order valence-corrected chi connectivity index (χ0v) is 15.1. The first-order valence-corrected chi connectivity index (χ1v) is 9.02. The van der Waals surface area contributed by atoms with Gasteiger partial charge < -0.3 is 10.1 Å². The van der Waals surface area contributed by atoms with Crippen molar-refractivity contribution in [1.82, 2.24) is 4.90 Å². The number of carbonyl (C=O) groups is 2. The lowest BCUT2D eigenvalue weighted by Crippen LogP contribution is -2.92. The van der Waals surface area contributed by atoms with Gasteiger partial charge >= 0.3 is 0 Å². The van der Waals surface area contributed by atoms with Gasteiger partial charge in [-0.1, -0.05) is 42.5 Å². The summed E-state index contributed by atoms with van der Waals surface area (Å²) in [5, 5.41) is 1.99. The van der Waals surface area contributed by atoms with Crippen molar-refractivity contribution in [2.24, 2.45) is 0 Å². The lowest BCUT2D eigenvalue weighted by molar-refractivity contribution is -0.674. The summed E-state index contributed by atoms with van der Waals surface area (Å²) in [4.78, 5) is 26.1. The van der Waals surface area contributed by atoms with E-state index in [1.165, 1.54) is 10.5 Å². The van der Waals surface area contributed by atoms with Crippen molar-refractivity contribution in [1.29, 1.82) is 0 Å². The molecule has 1 fully saturated rings. The molecule has 2 aromatic rings. The predicted octanol–water partition coefficient (Wildman–Crippen LogP) is 1.17. The van der Waals surface area contributed by atoms with Crippen molar-refractivity contribution in [3.63, 3.8) is 0 Å². The third-order valence-corrected chi connectivity index (χ3v) is 4.79. The summed E-state index contributed by atoms with van der Waals surface area (Å²) < 4.78 is 5.15. The number of benzene rings is 2. The number of likely N-dealkylation sites (tertiary alicyclic amines) is 1. The van der Waals surface area contributed by atoms with Crippen LogP contribution in [0.3, 0.4) is 0 Å². The molecule has 1 heterocycles. The van der Waals surface area contributed by atoms with Crippen molar-refractivity contribution in [2.75, 3.05) is 20.2 Å². The van der Waals surface area contributed by atoms with Crippen molar-refractivity contribution in [3.8, 4) is 5.75 Å². The number of hydrogen-bond acceptors (Lipinski definition) is 3. The highest BCUT2D eigenvalue weighted by Crippen LogP contribution is 2.13. The van der Waals surface area contributed by atoms with Crippen LogP contribution in [0, 0.1) is 0 Å². The molecule has 1 saturated heterocycles. The Kier molecular flexibility index (Phi) is 6.02. The topological polar surface area (TPSA) is 63.2 Å². The maximum Gasteiger partial charge on any atom is 0.287 e. The van der Waals surface area contributed by atoms with Gasteiger partial charge in [-0.05, 0) is 29.7 Å². The minimum absolute atomic E-state index is 0.0549. The number of hydrogen-bond donors (Lipinski definition) is 1. The number of amides is 2. The van der Waals surface area contributed by atoms with E-state index in [2.05, 4.69) is 0 Å². The molecule has 0 bridgehead atoms. The van der Waals surface area contributed by atoms with Gasteiger partial charge in [0.25, 0.3) is 5.91 Å². The number of nitrogens with two attached hydrogens (primary N) is 1. The molecule has 2 N–H and O–H groups in total. The number of ether oxygens (including phenoxy) is 1. The zero-order valence-electron chi connectivity index (χ0n) is 15.1. The molecule has 0 aromatic heterocycles. The van der Waals surface area contributed by atoms with E-state index in [0.717, 1.165) is 24.3 Å². The molecule has 1 aliphatic rings. The van der Waals surface area contributed by atoms with Gasteiger partial charge in [-0.25, -0.2) is 0 Å². The molecule has 1 aliphatic heterocycles. The fourth-order valence-electron chi connectivity index (χ4n) is 3.26. The van der Waals surface area contributed by atoms with Crippen LogP contribution in [0.1, 0.15) is 17.5 Å². The van der Waals surface area contributed by atoms with Crippen molar-refractivity contribution >= 4 is 11.8 Å². The van der Waals surface area contributed by atoms with Crippen LogP contribution < -0.4 is 10.1 Å². The monoisotopic (exact) mass is 353 g/mol. The molecule has 0 spiro atoms. The molecule has 0 saturated carbocycles. The number of rotatable bonds is 8. The van der Waals surface area contributed by atoms with Crippen LogP contribution in [0.25, 0.3) is 0 Å². The summed E-state index contributed by atoms with van der Waals surface area (Å²) >= 11 is 0. The molecule has 136 valence electrons. The fraction of sp³-hybridized carbons (Fsp3) is 0.333. The average molecular weight is 353 g/mol. The molecular formula is C21H25N2O3+. The highest BCUT2D eigenvalue weighted by molar-refractivity contribution is 6.04. The van der Waals surface area contributed by atoms with Crippen LogP contribution in [0.5, 0.6) is 5.75 Å². The highest BCUT2D eigenvalue weighted by Gasteiger charge is 2.40. The minimum atomic E-state index is -0.281. The normalized spacial score (nSPS) is 17.0.